The number of unbranched alkanes of at least 4 members (excludes halogenated alkanes) is 1. The van der Waals surface area contributed by atoms with Gasteiger partial charge in [-0.2, -0.15) is 10.2 Å². The highest BCUT2D eigenvalue weighted by atomic mass is 19.3. The maximum absolute atomic E-state index is 14.0. The second-order valence-corrected chi connectivity index (χ2v) is 10.6. The number of alkyl halides is 2. The molecule has 1 saturated heterocycles. The fourth-order valence-electron chi connectivity index (χ4n) is 3.90. The van der Waals surface area contributed by atoms with E-state index in [0.29, 0.717) is 42.3 Å². The summed E-state index contributed by atoms with van der Waals surface area (Å²) in [5.74, 6) is 3.21. The molecule has 1 aromatic heterocycles. The number of hydrogen-bond acceptors (Lipinski definition) is 8. The zero-order chi connectivity index (χ0) is 30.0. The number of amides is 2. The van der Waals surface area contributed by atoms with E-state index in [2.05, 4.69) is 43.8 Å². The topological polar surface area (TPSA) is 132 Å². The molecular weight excluding hydrogens is 532 g/mol. The molecule has 0 radical (unpaired) electrons. The number of anilines is 3. The molecule has 218 valence electrons. The Bertz CT molecular complexity index is 1330. The molecular formula is C29H35F2N7O3. The first-order valence-electron chi connectivity index (χ1n) is 13.4. The van der Waals surface area contributed by atoms with E-state index in [0.717, 1.165) is 17.0 Å². The summed E-state index contributed by atoms with van der Waals surface area (Å²) in [6.07, 6.45) is 1.71. The minimum atomic E-state index is -3.16. The summed E-state index contributed by atoms with van der Waals surface area (Å²) in [7, 11) is 0. The first-order chi connectivity index (χ1) is 19.4. The molecule has 2 heterocycles. The van der Waals surface area contributed by atoms with Gasteiger partial charge in [0.25, 0.3) is 5.92 Å². The average molecular weight is 568 g/mol. The molecule has 0 aliphatic carbocycles. The van der Waals surface area contributed by atoms with Crippen LogP contribution in [0.3, 0.4) is 0 Å². The van der Waals surface area contributed by atoms with E-state index < -0.39 is 42.5 Å². The van der Waals surface area contributed by atoms with Gasteiger partial charge in [-0.1, -0.05) is 18.8 Å². The Balaban J connectivity index is 1.55. The Morgan fingerprint density at radius 3 is 2.61 bits per heavy atom. The quantitative estimate of drug-likeness (QED) is 0.291. The number of ether oxygens (including phenoxy) is 1. The Morgan fingerprint density at radius 1 is 1.22 bits per heavy atom. The predicted octanol–water partition coefficient (Wildman–Crippen LogP) is 4.81. The fraction of sp³-hybridized carbons (Fsp3) is 0.483. The van der Waals surface area contributed by atoms with Crippen molar-refractivity contribution in [2.24, 2.45) is 0 Å². The lowest BCUT2D eigenvalue weighted by molar-refractivity contribution is -0.125. The molecule has 10 nitrogen and oxygen atoms in total. The fourth-order valence-corrected chi connectivity index (χ4v) is 3.90. The van der Waals surface area contributed by atoms with E-state index >= 15 is 0 Å². The van der Waals surface area contributed by atoms with Gasteiger partial charge in [0, 0.05) is 31.6 Å². The smallest absolute Gasteiger partial charge is 0.411 e. The van der Waals surface area contributed by atoms with Crippen LogP contribution in [-0.4, -0.2) is 64.1 Å². The number of rotatable bonds is 9. The number of nitrogens with one attached hydrogen (secondary N) is 3. The minimum absolute atomic E-state index is 0.211. The van der Waals surface area contributed by atoms with E-state index in [9.17, 15) is 18.4 Å². The van der Waals surface area contributed by atoms with E-state index in [1.54, 1.807) is 51.2 Å². The van der Waals surface area contributed by atoms with Gasteiger partial charge in [-0.05, 0) is 57.9 Å². The van der Waals surface area contributed by atoms with E-state index in [-0.39, 0.29) is 6.54 Å². The second kappa shape index (κ2) is 13.8. The van der Waals surface area contributed by atoms with Crippen LogP contribution < -0.4 is 16.0 Å². The molecule has 1 aliphatic rings. The predicted molar refractivity (Wildman–Crippen MR) is 151 cm³/mol. The van der Waals surface area contributed by atoms with E-state index in [1.165, 1.54) is 0 Å². The summed E-state index contributed by atoms with van der Waals surface area (Å²) in [5.41, 5.74) is 1.03. The molecule has 0 spiro atoms. The molecule has 1 aliphatic heterocycles. The number of halogens is 2. The standard InChI is InChI=1S/C29H35F2N7O3/c1-5-14-33-24-21(18-35-26(37-24)36-22-12-10-20(17-32)11-13-22)9-7-6-8-15-34-25(39)23-16-29(30,31)19-38(23)27(40)41-28(2,3)4/h10-13,18,23H,5-6,8,14-16,19H2,1-4H3,(H,34,39)(H2,33,35,36,37)/t23-/m0/s1. The van der Waals surface area contributed by atoms with Crippen LogP contribution in [0, 0.1) is 23.2 Å². The first-order valence-corrected chi connectivity index (χ1v) is 13.4. The average Bonchev–Trinajstić information content (AvgIpc) is 3.25. The molecule has 3 rings (SSSR count). The number of carbonyl (C=O) groups excluding carboxylic acids is 2. The van der Waals surface area contributed by atoms with Crippen molar-refractivity contribution in [3.05, 3.63) is 41.6 Å². The van der Waals surface area contributed by atoms with Crippen LogP contribution in [0.5, 0.6) is 0 Å². The van der Waals surface area contributed by atoms with Gasteiger partial charge >= 0.3 is 6.09 Å². The third-order valence-electron chi connectivity index (χ3n) is 5.80. The van der Waals surface area contributed by atoms with Gasteiger partial charge < -0.3 is 20.7 Å². The zero-order valence-corrected chi connectivity index (χ0v) is 23.7. The molecule has 1 fully saturated rings. The van der Waals surface area contributed by atoms with Crippen LogP contribution in [-0.2, 0) is 9.53 Å². The first kappa shape index (κ1) is 31.1. The van der Waals surface area contributed by atoms with Crippen molar-refractivity contribution in [1.29, 1.82) is 5.26 Å². The Kier molecular flexibility index (Phi) is 10.4. The second-order valence-electron chi connectivity index (χ2n) is 10.6. The van der Waals surface area contributed by atoms with Crippen LogP contribution in [0.15, 0.2) is 30.5 Å². The summed E-state index contributed by atoms with van der Waals surface area (Å²) >= 11 is 0. The van der Waals surface area contributed by atoms with Gasteiger partial charge in [0.05, 0.1) is 29.9 Å². The van der Waals surface area contributed by atoms with Gasteiger partial charge in [0.1, 0.15) is 17.5 Å². The highest BCUT2D eigenvalue weighted by molar-refractivity contribution is 5.86. The van der Waals surface area contributed by atoms with Gasteiger partial charge in [-0.3, -0.25) is 9.69 Å². The molecule has 2 aromatic rings. The molecule has 0 bridgehead atoms. The van der Waals surface area contributed by atoms with Crippen LogP contribution in [0.25, 0.3) is 0 Å². The van der Waals surface area contributed by atoms with Gasteiger partial charge in [-0.15, -0.1) is 0 Å². The third kappa shape index (κ3) is 9.60. The molecule has 3 N–H and O–H groups in total. The summed E-state index contributed by atoms with van der Waals surface area (Å²) in [4.78, 5) is 34.7. The Hall–Kier alpha value is -4.45. The van der Waals surface area contributed by atoms with Crippen molar-refractivity contribution in [2.75, 3.05) is 30.3 Å². The van der Waals surface area contributed by atoms with Crippen molar-refractivity contribution in [2.45, 2.75) is 70.9 Å². The lowest BCUT2D eigenvalue weighted by Crippen LogP contribution is -2.47. The van der Waals surface area contributed by atoms with Gasteiger partial charge in [-0.25, -0.2) is 18.6 Å². The van der Waals surface area contributed by atoms with Crippen molar-refractivity contribution in [1.82, 2.24) is 20.2 Å². The number of likely N-dealkylation sites (tertiary alicyclic amines) is 1. The minimum Gasteiger partial charge on any atom is -0.444 e. The van der Waals surface area contributed by atoms with Crippen molar-refractivity contribution in [3.63, 3.8) is 0 Å². The summed E-state index contributed by atoms with van der Waals surface area (Å²) < 4.78 is 33.3. The van der Waals surface area contributed by atoms with Crippen LogP contribution in [0.4, 0.5) is 31.0 Å². The number of nitriles is 1. The number of aromatic nitrogens is 2. The molecule has 1 aromatic carbocycles. The van der Waals surface area contributed by atoms with Gasteiger partial charge in [0.2, 0.25) is 11.9 Å². The van der Waals surface area contributed by atoms with Crippen LogP contribution >= 0.6 is 0 Å². The summed E-state index contributed by atoms with van der Waals surface area (Å²) in [6, 6.07) is 7.69. The van der Waals surface area contributed by atoms with Gasteiger partial charge in [0.15, 0.2) is 0 Å². The van der Waals surface area contributed by atoms with Crippen molar-refractivity contribution >= 4 is 29.5 Å². The summed E-state index contributed by atoms with van der Waals surface area (Å²) in [6.45, 7) is 6.97. The molecule has 1 atom stereocenters. The van der Waals surface area contributed by atoms with Crippen LogP contribution in [0.1, 0.15) is 64.5 Å². The molecule has 2 amide bonds. The number of nitrogens with zero attached hydrogens (tertiary/aromatic N) is 4. The highest BCUT2D eigenvalue weighted by Crippen LogP contribution is 2.33. The number of hydrogen-bond donors (Lipinski definition) is 3. The molecule has 0 saturated carbocycles. The number of benzene rings is 1. The maximum Gasteiger partial charge on any atom is 0.411 e. The molecule has 12 heteroatoms. The van der Waals surface area contributed by atoms with Crippen molar-refractivity contribution < 1.29 is 23.1 Å². The molecule has 41 heavy (non-hydrogen) atoms. The zero-order valence-electron chi connectivity index (χ0n) is 23.7. The Labute approximate surface area is 238 Å². The SMILES string of the molecule is CCCNc1nc(Nc2ccc(C#N)cc2)ncc1C#CCCCNC(=O)[C@@H]1CC(F)(F)CN1C(=O)OC(C)(C)C. The number of carbonyl (C=O) groups is 2. The van der Waals surface area contributed by atoms with Crippen LogP contribution in [0.2, 0.25) is 0 Å². The molecule has 0 unspecified atom stereocenters. The van der Waals surface area contributed by atoms with E-state index in [4.69, 9.17) is 10.00 Å². The largest absolute Gasteiger partial charge is 0.444 e. The highest BCUT2D eigenvalue weighted by Gasteiger charge is 2.51. The monoisotopic (exact) mass is 567 g/mol. The van der Waals surface area contributed by atoms with Crippen molar-refractivity contribution in [3.8, 4) is 17.9 Å². The maximum atomic E-state index is 14.0. The normalized spacial score (nSPS) is 15.7. The Morgan fingerprint density at radius 2 is 1.95 bits per heavy atom. The third-order valence-corrected chi connectivity index (χ3v) is 5.80. The lowest BCUT2D eigenvalue weighted by atomic mass is 10.1. The lowest BCUT2D eigenvalue weighted by Gasteiger charge is -2.27. The summed E-state index contributed by atoms with van der Waals surface area (Å²) in [5, 5.41) is 17.9. The van der Waals surface area contributed by atoms with E-state index in [1.807, 2.05) is 6.92 Å².